The van der Waals surface area contributed by atoms with Crippen LogP contribution in [0.2, 0.25) is 5.02 Å². The van der Waals surface area contributed by atoms with Crippen molar-refractivity contribution in [1.29, 1.82) is 0 Å². The highest BCUT2D eigenvalue weighted by atomic mass is 35.5. The fraction of sp³-hybridized carbons (Fsp3) is 0.125. The van der Waals surface area contributed by atoms with E-state index in [0.717, 1.165) is 0 Å². The number of nitrogens with one attached hydrogen (secondary N) is 2. The van der Waals surface area contributed by atoms with Crippen LogP contribution < -0.4 is 10.6 Å². The van der Waals surface area contributed by atoms with Crippen molar-refractivity contribution < 1.29 is 14.0 Å². The Hall–Kier alpha value is -2.53. The first-order valence-electron chi connectivity index (χ1n) is 6.71. The quantitative estimate of drug-likeness (QED) is 0.833. The third kappa shape index (κ3) is 3.99. The van der Waals surface area contributed by atoms with Gasteiger partial charge in [-0.3, -0.25) is 9.59 Å². The van der Waals surface area contributed by atoms with Crippen LogP contribution in [-0.4, -0.2) is 18.4 Å². The van der Waals surface area contributed by atoms with Gasteiger partial charge >= 0.3 is 0 Å². The molecule has 1 aromatic heterocycles. The summed E-state index contributed by atoms with van der Waals surface area (Å²) >= 11 is 5.99. The maximum absolute atomic E-state index is 12.3. The summed E-state index contributed by atoms with van der Waals surface area (Å²) in [5, 5.41) is 5.51. The Morgan fingerprint density at radius 1 is 1.23 bits per heavy atom. The molecule has 2 N–H and O–H groups in total. The first-order valence-corrected chi connectivity index (χ1v) is 7.09. The van der Waals surface area contributed by atoms with Gasteiger partial charge in [0, 0.05) is 12.6 Å². The van der Waals surface area contributed by atoms with E-state index in [1.54, 1.807) is 43.3 Å². The second-order valence-electron chi connectivity index (χ2n) is 4.37. The van der Waals surface area contributed by atoms with Crippen molar-refractivity contribution in [2.75, 3.05) is 6.54 Å². The number of furan rings is 1. The number of amides is 2. The molecule has 0 bridgehead atoms. The number of rotatable bonds is 5. The lowest BCUT2D eigenvalue weighted by atomic mass is 10.2. The van der Waals surface area contributed by atoms with E-state index in [1.165, 1.54) is 12.3 Å². The third-order valence-electron chi connectivity index (χ3n) is 2.78. The Morgan fingerprint density at radius 3 is 2.64 bits per heavy atom. The van der Waals surface area contributed by atoms with Crippen molar-refractivity contribution in [3.63, 3.8) is 0 Å². The predicted molar refractivity (Wildman–Crippen MR) is 84.3 cm³/mol. The van der Waals surface area contributed by atoms with Crippen LogP contribution >= 0.6 is 11.6 Å². The predicted octanol–water partition coefficient (Wildman–Crippen LogP) is 2.84. The highest BCUT2D eigenvalue weighted by molar-refractivity contribution is 6.34. The van der Waals surface area contributed by atoms with E-state index in [0.29, 0.717) is 22.9 Å². The molecule has 1 aromatic carbocycles. The molecule has 22 heavy (non-hydrogen) atoms. The standard InChI is InChI=1S/C16H15ClN2O3/c1-2-18-16(21)14(10-11-6-5-9-22-11)19-15(20)12-7-3-4-8-13(12)17/h3-10H,2H2,1H3,(H,18,21)(H,19,20)/b14-10+. The minimum Gasteiger partial charge on any atom is -0.465 e. The van der Waals surface area contributed by atoms with E-state index in [-0.39, 0.29) is 5.70 Å². The van der Waals surface area contributed by atoms with Crippen LogP contribution in [0, 0.1) is 0 Å². The number of halogens is 1. The number of likely N-dealkylation sites (N-methyl/N-ethyl adjacent to an activating group) is 1. The summed E-state index contributed by atoms with van der Waals surface area (Å²) in [5.41, 5.74) is 0.375. The Kier molecular flexibility index (Phi) is 5.38. The normalized spacial score (nSPS) is 11.1. The Bertz CT molecular complexity index is 693. The van der Waals surface area contributed by atoms with E-state index in [4.69, 9.17) is 16.0 Å². The first kappa shape index (κ1) is 15.9. The molecule has 6 heteroatoms. The van der Waals surface area contributed by atoms with Gasteiger partial charge in [0.2, 0.25) is 0 Å². The summed E-state index contributed by atoms with van der Waals surface area (Å²) in [6.07, 6.45) is 2.94. The molecule has 0 radical (unpaired) electrons. The zero-order chi connectivity index (χ0) is 15.9. The molecule has 2 amide bonds. The average molecular weight is 319 g/mol. The molecule has 0 aliphatic rings. The smallest absolute Gasteiger partial charge is 0.267 e. The van der Waals surface area contributed by atoms with Crippen molar-refractivity contribution in [3.8, 4) is 0 Å². The van der Waals surface area contributed by atoms with Gasteiger partial charge in [-0.05, 0) is 31.2 Å². The highest BCUT2D eigenvalue weighted by Gasteiger charge is 2.16. The Morgan fingerprint density at radius 2 is 2.00 bits per heavy atom. The van der Waals surface area contributed by atoms with Crippen LogP contribution in [0.25, 0.3) is 6.08 Å². The fourth-order valence-corrected chi connectivity index (χ4v) is 1.99. The molecule has 114 valence electrons. The van der Waals surface area contributed by atoms with Gasteiger partial charge in [-0.1, -0.05) is 23.7 Å². The van der Waals surface area contributed by atoms with Crippen molar-refractivity contribution in [2.45, 2.75) is 6.92 Å². The van der Waals surface area contributed by atoms with Crippen molar-refractivity contribution in [1.82, 2.24) is 10.6 Å². The molecule has 0 spiro atoms. The molecule has 0 fully saturated rings. The number of hydrogen-bond acceptors (Lipinski definition) is 3. The summed E-state index contributed by atoms with van der Waals surface area (Å²) < 4.78 is 5.17. The van der Waals surface area contributed by atoms with Crippen LogP contribution in [-0.2, 0) is 4.79 Å². The third-order valence-corrected chi connectivity index (χ3v) is 3.11. The molecule has 0 saturated carbocycles. The average Bonchev–Trinajstić information content (AvgIpc) is 3.00. The SMILES string of the molecule is CCNC(=O)/C(=C\c1ccco1)NC(=O)c1ccccc1Cl. The van der Waals surface area contributed by atoms with E-state index in [2.05, 4.69) is 10.6 Å². The number of carbonyl (C=O) groups is 2. The lowest BCUT2D eigenvalue weighted by molar-refractivity contribution is -0.117. The molecule has 0 atom stereocenters. The lowest BCUT2D eigenvalue weighted by Crippen LogP contribution is -2.34. The number of carbonyl (C=O) groups excluding carboxylic acids is 2. The topological polar surface area (TPSA) is 71.3 Å². The maximum Gasteiger partial charge on any atom is 0.267 e. The zero-order valence-electron chi connectivity index (χ0n) is 11.9. The van der Waals surface area contributed by atoms with Gasteiger partial charge in [0.05, 0.1) is 16.8 Å². The van der Waals surface area contributed by atoms with E-state index in [1.807, 2.05) is 0 Å². The zero-order valence-corrected chi connectivity index (χ0v) is 12.7. The van der Waals surface area contributed by atoms with Crippen molar-refractivity contribution in [3.05, 3.63) is 64.7 Å². The molecule has 0 unspecified atom stereocenters. The van der Waals surface area contributed by atoms with E-state index < -0.39 is 11.8 Å². The van der Waals surface area contributed by atoms with Gasteiger partial charge in [0.15, 0.2) is 0 Å². The molecular weight excluding hydrogens is 304 g/mol. The summed E-state index contributed by atoms with van der Waals surface area (Å²) in [5.74, 6) is -0.408. The van der Waals surface area contributed by atoms with E-state index in [9.17, 15) is 9.59 Å². The molecule has 1 heterocycles. The second-order valence-corrected chi connectivity index (χ2v) is 4.77. The van der Waals surface area contributed by atoms with Gasteiger partial charge in [-0.2, -0.15) is 0 Å². The Balaban J connectivity index is 2.25. The molecule has 0 aliphatic carbocycles. The Labute approximate surface area is 133 Å². The number of hydrogen-bond donors (Lipinski definition) is 2. The van der Waals surface area contributed by atoms with Crippen molar-refractivity contribution in [2.24, 2.45) is 0 Å². The largest absolute Gasteiger partial charge is 0.465 e. The maximum atomic E-state index is 12.3. The summed E-state index contributed by atoms with van der Waals surface area (Å²) in [6, 6.07) is 9.99. The van der Waals surface area contributed by atoms with Gasteiger partial charge in [-0.25, -0.2) is 0 Å². The molecule has 2 rings (SSSR count). The fourth-order valence-electron chi connectivity index (χ4n) is 1.76. The first-order chi connectivity index (χ1) is 10.6. The summed E-state index contributed by atoms with van der Waals surface area (Å²) in [4.78, 5) is 24.3. The lowest BCUT2D eigenvalue weighted by Gasteiger charge is -2.10. The van der Waals surface area contributed by atoms with Crippen LogP contribution in [0.4, 0.5) is 0 Å². The van der Waals surface area contributed by atoms with Crippen molar-refractivity contribution >= 4 is 29.5 Å². The molecule has 0 saturated heterocycles. The van der Waals surface area contributed by atoms with E-state index >= 15 is 0 Å². The minimum absolute atomic E-state index is 0.0849. The summed E-state index contributed by atoms with van der Waals surface area (Å²) in [6.45, 7) is 2.23. The highest BCUT2D eigenvalue weighted by Crippen LogP contribution is 2.15. The summed E-state index contributed by atoms with van der Waals surface area (Å²) in [7, 11) is 0. The molecule has 5 nitrogen and oxygen atoms in total. The molecule has 2 aromatic rings. The van der Waals surface area contributed by atoms with Gasteiger partial charge in [-0.15, -0.1) is 0 Å². The molecular formula is C16H15ClN2O3. The minimum atomic E-state index is -0.463. The van der Waals surface area contributed by atoms with Gasteiger partial charge < -0.3 is 15.1 Å². The van der Waals surface area contributed by atoms with Crippen LogP contribution in [0.15, 0.2) is 52.8 Å². The monoisotopic (exact) mass is 318 g/mol. The molecule has 0 aliphatic heterocycles. The number of benzene rings is 1. The van der Waals surface area contributed by atoms with Crippen LogP contribution in [0.1, 0.15) is 23.0 Å². The van der Waals surface area contributed by atoms with Gasteiger partial charge in [0.25, 0.3) is 11.8 Å². The second kappa shape index (κ2) is 7.47. The van der Waals surface area contributed by atoms with Crippen LogP contribution in [0.5, 0.6) is 0 Å². The van der Waals surface area contributed by atoms with Crippen LogP contribution in [0.3, 0.4) is 0 Å². The van der Waals surface area contributed by atoms with Gasteiger partial charge in [0.1, 0.15) is 11.5 Å².